The van der Waals surface area contributed by atoms with Gasteiger partial charge < -0.3 is 14.5 Å². The largest absolute Gasteiger partial charge is 0.452 e. The van der Waals surface area contributed by atoms with Crippen molar-refractivity contribution < 1.29 is 18.7 Å². The second-order valence-electron chi connectivity index (χ2n) is 5.67. The maximum Gasteiger partial charge on any atom is 0.338 e. The fourth-order valence-corrected chi connectivity index (χ4v) is 2.31. The Kier molecular flexibility index (Phi) is 5.43. The van der Waals surface area contributed by atoms with Crippen LogP contribution < -0.4 is 5.32 Å². The van der Waals surface area contributed by atoms with E-state index in [4.69, 9.17) is 9.15 Å². The van der Waals surface area contributed by atoms with Crippen LogP contribution in [0.15, 0.2) is 65.2 Å². The second-order valence-corrected chi connectivity index (χ2v) is 5.67. The fourth-order valence-electron chi connectivity index (χ4n) is 2.31. The van der Waals surface area contributed by atoms with Crippen molar-refractivity contribution in [1.82, 2.24) is 10.3 Å². The topological polar surface area (TPSA) is 81.4 Å². The number of nitrogens with zero attached hydrogens (tertiary/aromatic N) is 1. The number of esters is 1. The lowest BCUT2D eigenvalue weighted by Gasteiger charge is -2.05. The average Bonchev–Trinajstić information content (AvgIpc) is 3.14. The normalized spacial score (nSPS) is 10.3. The van der Waals surface area contributed by atoms with Crippen molar-refractivity contribution >= 4 is 11.9 Å². The summed E-state index contributed by atoms with van der Waals surface area (Å²) in [7, 11) is 0. The lowest BCUT2D eigenvalue weighted by atomic mass is 10.1. The average molecular weight is 350 g/mol. The Balaban J connectivity index is 1.55. The van der Waals surface area contributed by atoms with E-state index >= 15 is 0 Å². The van der Waals surface area contributed by atoms with E-state index in [1.54, 1.807) is 30.5 Å². The van der Waals surface area contributed by atoms with Crippen LogP contribution >= 0.6 is 0 Å². The molecule has 0 saturated heterocycles. The molecular formula is C20H18N2O4. The molecule has 2 aromatic carbocycles. The number of hydrogen-bond acceptors (Lipinski definition) is 5. The van der Waals surface area contributed by atoms with E-state index in [2.05, 4.69) is 10.3 Å². The van der Waals surface area contributed by atoms with Gasteiger partial charge in [-0.25, -0.2) is 9.78 Å². The number of carbonyl (C=O) groups is 2. The third-order valence-electron chi connectivity index (χ3n) is 3.67. The zero-order chi connectivity index (χ0) is 18.4. The lowest BCUT2D eigenvalue weighted by molar-refractivity contribution is -0.119. The van der Waals surface area contributed by atoms with Gasteiger partial charge in [-0.15, -0.1) is 0 Å². The minimum atomic E-state index is -0.462. The summed E-state index contributed by atoms with van der Waals surface area (Å²) in [6, 6.07) is 16.4. The molecule has 0 unspecified atom stereocenters. The predicted octanol–water partition coefficient (Wildman–Crippen LogP) is 3.33. The third-order valence-corrected chi connectivity index (χ3v) is 3.67. The van der Waals surface area contributed by atoms with Crippen molar-refractivity contribution in [2.45, 2.75) is 20.1 Å². The van der Waals surface area contributed by atoms with Gasteiger partial charge in [-0.05, 0) is 17.7 Å². The minimum Gasteiger partial charge on any atom is -0.452 e. The highest BCUT2D eigenvalue weighted by atomic mass is 16.5. The number of hydrogen-bond donors (Lipinski definition) is 1. The molecule has 0 atom stereocenters. The highest BCUT2D eigenvalue weighted by Crippen LogP contribution is 2.20. The summed E-state index contributed by atoms with van der Waals surface area (Å²) in [5, 5.41) is 2.70. The zero-order valence-electron chi connectivity index (χ0n) is 14.3. The van der Waals surface area contributed by atoms with E-state index < -0.39 is 5.97 Å². The van der Waals surface area contributed by atoms with E-state index in [0.29, 0.717) is 23.8 Å². The van der Waals surface area contributed by atoms with Gasteiger partial charge in [0.05, 0.1) is 11.8 Å². The van der Waals surface area contributed by atoms with Gasteiger partial charge in [0.1, 0.15) is 0 Å². The first-order chi connectivity index (χ1) is 12.6. The molecule has 6 nitrogen and oxygen atoms in total. The molecule has 0 spiro atoms. The first-order valence-electron chi connectivity index (χ1n) is 8.12. The summed E-state index contributed by atoms with van der Waals surface area (Å²) in [5.41, 5.74) is 2.23. The molecule has 0 fully saturated rings. The first-order valence-corrected chi connectivity index (χ1v) is 8.12. The standard InChI is InChI=1S/C20H18N2O4/c1-14(23)21-11-15-7-9-17(10-8-15)20(24)25-13-19-22-12-18(26-19)16-5-3-2-4-6-16/h2-10,12H,11,13H2,1H3,(H,21,23). The van der Waals surface area contributed by atoms with Crippen LogP contribution in [0.25, 0.3) is 11.3 Å². The quantitative estimate of drug-likeness (QED) is 0.690. The van der Waals surface area contributed by atoms with Gasteiger partial charge in [0.15, 0.2) is 12.4 Å². The van der Waals surface area contributed by atoms with Crippen molar-refractivity contribution in [2.24, 2.45) is 0 Å². The van der Waals surface area contributed by atoms with E-state index in [1.807, 2.05) is 30.3 Å². The van der Waals surface area contributed by atoms with Crippen LogP contribution in [0.4, 0.5) is 0 Å². The fraction of sp³-hybridized carbons (Fsp3) is 0.150. The maximum atomic E-state index is 12.1. The molecule has 3 aromatic rings. The predicted molar refractivity (Wildman–Crippen MR) is 95.0 cm³/mol. The summed E-state index contributed by atoms with van der Waals surface area (Å²) in [6.07, 6.45) is 1.61. The van der Waals surface area contributed by atoms with Crippen molar-refractivity contribution in [1.29, 1.82) is 0 Å². The number of carbonyl (C=O) groups excluding carboxylic acids is 2. The summed E-state index contributed by atoms with van der Waals surface area (Å²) >= 11 is 0. The molecule has 0 aliphatic heterocycles. The van der Waals surface area contributed by atoms with Crippen LogP contribution in [0.1, 0.15) is 28.7 Å². The van der Waals surface area contributed by atoms with Crippen molar-refractivity contribution in [3.63, 3.8) is 0 Å². The molecule has 0 saturated carbocycles. The monoisotopic (exact) mass is 350 g/mol. The molecule has 0 aliphatic rings. The van der Waals surface area contributed by atoms with Gasteiger partial charge in [0, 0.05) is 19.0 Å². The van der Waals surface area contributed by atoms with Gasteiger partial charge in [-0.2, -0.15) is 0 Å². The lowest BCUT2D eigenvalue weighted by Crippen LogP contribution is -2.18. The second kappa shape index (κ2) is 8.11. The number of ether oxygens (including phenoxy) is 1. The first kappa shape index (κ1) is 17.4. The number of rotatable bonds is 6. The molecule has 0 bridgehead atoms. The molecule has 1 aromatic heterocycles. The Morgan fingerprint density at radius 2 is 1.81 bits per heavy atom. The number of benzene rings is 2. The number of aromatic nitrogens is 1. The van der Waals surface area contributed by atoms with Gasteiger partial charge in [-0.3, -0.25) is 4.79 Å². The Morgan fingerprint density at radius 3 is 2.50 bits per heavy atom. The molecule has 1 heterocycles. The van der Waals surface area contributed by atoms with Gasteiger partial charge >= 0.3 is 5.97 Å². The van der Waals surface area contributed by atoms with Crippen molar-refractivity contribution in [2.75, 3.05) is 0 Å². The number of oxazole rings is 1. The van der Waals surface area contributed by atoms with Gasteiger partial charge in [0.2, 0.25) is 11.8 Å². The molecule has 1 N–H and O–H groups in total. The van der Waals surface area contributed by atoms with Crippen molar-refractivity contribution in [3.05, 3.63) is 77.8 Å². The van der Waals surface area contributed by atoms with Crippen LogP contribution in [0.2, 0.25) is 0 Å². The third kappa shape index (κ3) is 4.57. The minimum absolute atomic E-state index is 0.0424. The van der Waals surface area contributed by atoms with E-state index in [9.17, 15) is 9.59 Å². The molecule has 26 heavy (non-hydrogen) atoms. The van der Waals surface area contributed by atoms with Crippen LogP contribution in [-0.4, -0.2) is 16.9 Å². The van der Waals surface area contributed by atoms with Gasteiger partial charge in [0.25, 0.3) is 0 Å². The van der Waals surface area contributed by atoms with Gasteiger partial charge in [-0.1, -0.05) is 42.5 Å². The highest BCUT2D eigenvalue weighted by Gasteiger charge is 2.11. The van der Waals surface area contributed by atoms with Crippen LogP contribution in [0.5, 0.6) is 0 Å². The molecule has 132 valence electrons. The zero-order valence-corrected chi connectivity index (χ0v) is 14.3. The Morgan fingerprint density at radius 1 is 1.08 bits per heavy atom. The number of amides is 1. The van der Waals surface area contributed by atoms with E-state index in [-0.39, 0.29) is 12.5 Å². The van der Waals surface area contributed by atoms with E-state index in [0.717, 1.165) is 11.1 Å². The molecule has 3 rings (SSSR count). The molecular weight excluding hydrogens is 332 g/mol. The SMILES string of the molecule is CC(=O)NCc1ccc(C(=O)OCc2ncc(-c3ccccc3)o2)cc1. The Bertz CT molecular complexity index is 886. The summed E-state index contributed by atoms with van der Waals surface area (Å²) in [4.78, 5) is 27.1. The highest BCUT2D eigenvalue weighted by molar-refractivity contribution is 5.89. The summed E-state index contributed by atoms with van der Waals surface area (Å²) in [5.74, 6) is 0.392. The molecule has 1 amide bonds. The summed E-state index contributed by atoms with van der Waals surface area (Å²) in [6.45, 7) is 1.83. The summed E-state index contributed by atoms with van der Waals surface area (Å²) < 4.78 is 10.8. The smallest absolute Gasteiger partial charge is 0.338 e. The van der Waals surface area contributed by atoms with Crippen LogP contribution in [0, 0.1) is 0 Å². The Labute approximate surface area is 150 Å². The van der Waals surface area contributed by atoms with E-state index in [1.165, 1.54) is 6.92 Å². The maximum absolute atomic E-state index is 12.1. The molecule has 0 radical (unpaired) electrons. The van der Waals surface area contributed by atoms with Crippen LogP contribution in [-0.2, 0) is 22.7 Å². The van der Waals surface area contributed by atoms with Crippen molar-refractivity contribution in [3.8, 4) is 11.3 Å². The molecule has 0 aliphatic carbocycles. The number of nitrogens with one attached hydrogen (secondary N) is 1. The molecule has 6 heteroatoms. The Hall–Kier alpha value is -3.41. The van der Waals surface area contributed by atoms with Crippen LogP contribution in [0.3, 0.4) is 0 Å².